The summed E-state index contributed by atoms with van der Waals surface area (Å²) in [5.41, 5.74) is 0.230. The summed E-state index contributed by atoms with van der Waals surface area (Å²) in [6, 6.07) is 1.18. The second kappa shape index (κ2) is 4.59. The van der Waals surface area contributed by atoms with Gasteiger partial charge in [-0.15, -0.1) is 0 Å². The highest BCUT2D eigenvalue weighted by Crippen LogP contribution is 2.42. The highest BCUT2D eigenvalue weighted by Gasteiger charge is 2.25. The van der Waals surface area contributed by atoms with Gasteiger partial charge in [-0.25, -0.2) is 4.39 Å². The summed E-state index contributed by atoms with van der Waals surface area (Å²) in [6.45, 7) is 1.60. The topological polar surface area (TPSA) is 52.5 Å². The molecule has 0 radical (unpaired) electrons. The summed E-state index contributed by atoms with van der Waals surface area (Å²) in [4.78, 5) is 0. The molecule has 0 spiro atoms. The van der Waals surface area contributed by atoms with E-state index in [1.807, 2.05) is 0 Å². The van der Waals surface area contributed by atoms with E-state index in [0.717, 1.165) is 25.9 Å². The fourth-order valence-electron chi connectivity index (χ4n) is 2.11. The van der Waals surface area contributed by atoms with E-state index in [4.69, 9.17) is 0 Å². The maximum Gasteiger partial charge on any atom is 0.164 e. The number of rotatable bonds is 1. The SMILES string of the molecule is Oc1cc(Br)c(F)c(C2CCNCC2)c1O. The van der Waals surface area contributed by atoms with Crippen molar-refractivity contribution >= 4 is 15.9 Å². The second-order valence-corrected chi connectivity index (χ2v) is 4.83. The third-order valence-electron chi connectivity index (χ3n) is 2.95. The number of hydrogen-bond donors (Lipinski definition) is 3. The van der Waals surface area contributed by atoms with Crippen LogP contribution in [0.1, 0.15) is 24.3 Å². The Morgan fingerprint density at radius 1 is 1.31 bits per heavy atom. The lowest BCUT2D eigenvalue weighted by atomic mass is 9.89. The molecule has 3 nitrogen and oxygen atoms in total. The molecule has 1 aliphatic heterocycles. The molecule has 0 atom stereocenters. The maximum absolute atomic E-state index is 13.9. The van der Waals surface area contributed by atoms with Crippen LogP contribution in [0, 0.1) is 5.82 Å². The third kappa shape index (κ3) is 2.01. The van der Waals surface area contributed by atoms with Crippen molar-refractivity contribution in [3.8, 4) is 11.5 Å². The van der Waals surface area contributed by atoms with Crippen LogP contribution < -0.4 is 5.32 Å². The molecule has 1 saturated heterocycles. The molecule has 0 aromatic heterocycles. The highest BCUT2D eigenvalue weighted by molar-refractivity contribution is 9.10. The molecule has 1 heterocycles. The molecule has 5 heteroatoms. The number of aromatic hydroxyl groups is 2. The Labute approximate surface area is 101 Å². The van der Waals surface area contributed by atoms with Crippen molar-refractivity contribution in [2.24, 2.45) is 0 Å². The van der Waals surface area contributed by atoms with E-state index in [1.165, 1.54) is 6.07 Å². The first-order valence-corrected chi connectivity index (χ1v) is 6.01. The summed E-state index contributed by atoms with van der Waals surface area (Å²) in [5, 5.41) is 22.4. The van der Waals surface area contributed by atoms with Gasteiger partial charge in [-0.1, -0.05) is 0 Å². The fraction of sp³-hybridized carbons (Fsp3) is 0.455. The van der Waals surface area contributed by atoms with Crippen molar-refractivity contribution in [3.05, 3.63) is 21.9 Å². The molecule has 0 aliphatic carbocycles. The predicted molar refractivity (Wildman–Crippen MR) is 62.3 cm³/mol. The fourth-order valence-corrected chi connectivity index (χ4v) is 2.54. The van der Waals surface area contributed by atoms with Crippen molar-refractivity contribution in [3.63, 3.8) is 0 Å². The Balaban J connectivity index is 2.45. The van der Waals surface area contributed by atoms with Gasteiger partial charge in [0.1, 0.15) is 5.82 Å². The van der Waals surface area contributed by atoms with Crippen molar-refractivity contribution in [1.29, 1.82) is 0 Å². The largest absolute Gasteiger partial charge is 0.504 e. The molecule has 0 bridgehead atoms. The number of piperidine rings is 1. The average Bonchev–Trinajstić information content (AvgIpc) is 2.28. The molecular formula is C11H13BrFNO2. The highest BCUT2D eigenvalue weighted by atomic mass is 79.9. The van der Waals surface area contributed by atoms with Crippen LogP contribution >= 0.6 is 15.9 Å². The van der Waals surface area contributed by atoms with Gasteiger partial charge in [-0.3, -0.25) is 0 Å². The van der Waals surface area contributed by atoms with Crippen LogP contribution in [-0.4, -0.2) is 23.3 Å². The van der Waals surface area contributed by atoms with Gasteiger partial charge in [0.2, 0.25) is 0 Å². The Morgan fingerprint density at radius 2 is 1.94 bits per heavy atom. The van der Waals surface area contributed by atoms with Crippen molar-refractivity contribution < 1.29 is 14.6 Å². The first-order chi connectivity index (χ1) is 7.61. The molecule has 1 aromatic rings. The molecule has 3 N–H and O–H groups in total. The Kier molecular flexibility index (Phi) is 3.35. The average molecular weight is 290 g/mol. The van der Waals surface area contributed by atoms with Gasteiger partial charge in [0.25, 0.3) is 0 Å². The summed E-state index contributed by atoms with van der Waals surface area (Å²) >= 11 is 3.04. The van der Waals surface area contributed by atoms with Crippen molar-refractivity contribution in [1.82, 2.24) is 5.32 Å². The van der Waals surface area contributed by atoms with Crippen LogP contribution in [0.5, 0.6) is 11.5 Å². The molecule has 1 aliphatic rings. The molecule has 0 amide bonds. The first kappa shape index (κ1) is 11.7. The monoisotopic (exact) mass is 289 g/mol. The standard InChI is InChI=1S/C11H13BrFNO2/c12-7-5-8(15)11(16)9(10(7)13)6-1-3-14-4-2-6/h5-6,14-16H,1-4H2. The van der Waals surface area contributed by atoms with Crippen LogP contribution in [0.15, 0.2) is 10.5 Å². The summed E-state index contributed by atoms with van der Waals surface area (Å²) in [7, 11) is 0. The van der Waals surface area contributed by atoms with Crippen LogP contribution in [0.4, 0.5) is 4.39 Å². The predicted octanol–water partition coefficient (Wildman–Crippen LogP) is 2.47. The van der Waals surface area contributed by atoms with E-state index in [0.29, 0.717) is 0 Å². The van der Waals surface area contributed by atoms with E-state index in [9.17, 15) is 14.6 Å². The minimum atomic E-state index is -0.470. The lowest BCUT2D eigenvalue weighted by Gasteiger charge is -2.24. The summed E-state index contributed by atoms with van der Waals surface area (Å²) < 4.78 is 14.1. The number of benzene rings is 1. The molecule has 16 heavy (non-hydrogen) atoms. The smallest absolute Gasteiger partial charge is 0.164 e. The second-order valence-electron chi connectivity index (χ2n) is 3.98. The number of nitrogens with one attached hydrogen (secondary N) is 1. The zero-order valence-electron chi connectivity index (χ0n) is 8.63. The first-order valence-electron chi connectivity index (χ1n) is 5.21. The maximum atomic E-state index is 13.9. The molecule has 0 unspecified atom stereocenters. The van der Waals surface area contributed by atoms with E-state index in [-0.39, 0.29) is 27.5 Å². The zero-order valence-corrected chi connectivity index (χ0v) is 10.2. The molecule has 0 saturated carbocycles. The normalized spacial score (nSPS) is 17.6. The molecule has 1 fully saturated rings. The van der Waals surface area contributed by atoms with Gasteiger partial charge in [0, 0.05) is 11.6 Å². The minimum Gasteiger partial charge on any atom is -0.504 e. The lowest BCUT2D eigenvalue weighted by Crippen LogP contribution is -2.27. The Hall–Kier alpha value is -0.810. The van der Waals surface area contributed by atoms with Crippen molar-refractivity contribution in [2.45, 2.75) is 18.8 Å². The van der Waals surface area contributed by atoms with E-state index < -0.39 is 5.82 Å². The lowest BCUT2D eigenvalue weighted by molar-refractivity contribution is 0.373. The van der Waals surface area contributed by atoms with Gasteiger partial charge in [-0.05, 0) is 47.8 Å². The van der Waals surface area contributed by atoms with E-state index in [1.54, 1.807) is 0 Å². The van der Waals surface area contributed by atoms with Crippen molar-refractivity contribution in [2.75, 3.05) is 13.1 Å². The number of phenolic OH excluding ortho intramolecular Hbond substituents is 2. The number of hydrogen-bond acceptors (Lipinski definition) is 3. The van der Waals surface area contributed by atoms with Crippen LogP contribution in [0.2, 0.25) is 0 Å². The summed E-state index contributed by atoms with van der Waals surface area (Å²) in [5.74, 6) is -1.11. The van der Waals surface area contributed by atoms with Gasteiger partial charge in [-0.2, -0.15) is 0 Å². The Morgan fingerprint density at radius 3 is 2.56 bits per heavy atom. The summed E-state index contributed by atoms with van der Waals surface area (Å²) in [6.07, 6.45) is 1.53. The molecular weight excluding hydrogens is 277 g/mol. The molecule has 2 rings (SSSR count). The van der Waals surface area contributed by atoms with Gasteiger partial charge in [0.05, 0.1) is 4.47 Å². The minimum absolute atomic E-state index is 0.0374. The van der Waals surface area contributed by atoms with Gasteiger partial charge in [0.15, 0.2) is 11.5 Å². The number of halogens is 2. The third-order valence-corrected chi connectivity index (χ3v) is 3.53. The number of phenols is 2. The molecule has 88 valence electrons. The van der Waals surface area contributed by atoms with Crippen LogP contribution in [0.3, 0.4) is 0 Å². The quantitative estimate of drug-likeness (QED) is 0.696. The van der Waals surface area contributed by atoms with E-state index >= 15 is 0 Å². The van der Waals surface area contributed by atoms with E-state index in [2.05, 4.69) is 21.2 Å². The van der Waals surface area contributed by atoms with Crippen LogP contribution in [-0.2, 0) is 0 Å². The zero-order chi connectivity index (χ0) is 11.7. The van der Waals surface area contributed by atoms with Crippen LogP contribution in [0.25, 0.3) is 0 Å². The molecule has 1 aromatic carbocycles. The van der Waals surface area contributed by atoms with Gasteiger partial charge >= 0.3 is 0 Å². The Bertz CT molecular complexity index is 379. The van der Waals surface area contributed by atoms with Gasteiger partial charge < -0.3 is 15.5 Å².